The fraction of sp³-hybridized carbons (Fsp3) is 0.700. The molecule has 1 aliphatic carbocycles. The highest BCUT2D eigenvalue weighted by atomic mass is 35.5. The molecular weight excluding hydrogens is 460 g/mol. The van der Waals surface area contributed by atoms with Crippen molar-refractivity contribution in [2.24, 2.45) is 0 Å². The van der Waals surface area contributed by atoms with Gasteiger partial charge in [-0.2, -0.15) is 13.4 Å². The second-order valence-corrected chi connectivity index (χ2v) is 11.0. The van der Waals surface area contributed by atoms with Crippen molar-refractivity contribution in [1.82, 2.24) is 14.5 Å². The van der Waals surface area contributed by atoms with Crippen molar-refractivity contribution in [3.05, 3.63) is 17.5 Å². The van der Waals surface area contributed by atoms with Crippen molar-refractivity contribution >= 4 is 38.6 Å². The standard InChI is InChI=1S/C20H27ClN4O6S/c1-20(2)30-14-13(10-28-32(3,26)27)29-18(15(14)31-20)25-9-8-12-16(22-11-6-4-5-7-11)23-19(21)24-17(12)25/h8-9,11,13-15,18H,4-7,10H2,1-3H3,(H,22,23,24)/t13-,14-,15-,18-/m1/s1. The van der Waals surface area contributed by atoms with E-state index < -0.39 is 40.4 Å². The fourth-order valence-corrected chi connectivity index (χ4v) is 5.34. The summed E-state index contributed by atoms with van der Waals surface area (Å²) in [5.41, 5.74) is 0.604. The molecule has 4 heterocycles. The molecule has 5 rings (SSSR count). The van der Waals surface area contributed by atoms with Gasteiger partial charge in [-0.1, -0.05) is 12.8 Å². The van der Waals surface area contributed by atoms with Crippen LogP contribution in [0.1, 0.15) is 45.8 Å². The highest BCUT2D eigenvalue weighted by Gasteiger charge is 2.56. The number of nitrogens with one attached hydrogen (secondary N) is 1. The maximum absolute atomic E-state index is 11.5. The van der Waals surface area contributed by atoms with Crippen LogP contribution in [0.15, 0.2) is 12.3 Å². The predicted octanol–water partition coefficient (Wildman–Crippen LogP) is 2.83. The maximum Gasteiger partial charge on any atom is 0.264 e. The van der Waals surface area contributed by atoms with E-state index in [1.54, 1.807) is 0 Å². The summed E-state index contributed by atoms with van der Waals surface area (Å²) in [5.74, 6) is -0.146. The van der Waals surface area contributed by atoms with Crippen LogP contribution >= 0.6 is 11.6 Å². The largest absolute Gasteiger partial charge is 0.367 e. The van der Waals surface area contributed by atoms with Crippen molar-refractivity contribution in [3.63, 3.8) is 0 Å². The lowest BCUT2D eigenvalue weighted by atomic mass is 10.1. The van der Waals surface area contributed by atoms with Crippen LogP contribution in [0.4, 0.5) is 5.82 Å². The second-order valence-electron chi connectivity index (χ2n) is 9.05. The zero-order valence-corrected chi connectivity index (χ0v) is 19.7. The minimum atomic E-state index is -3.63. The van der Waals surface area contributed by atoms with Gasteiger partial charge in [-0.05, 0) is 44.4 Å². The molecule has 4 atom stereocenters. The average Bonchev–Trinajstić information content (AvgIpc) is 3.44. The summed E-state index contributed by atoms with van der Waals surface area (Å²) in [6.07, 6.45) is 5.24. The van der Waals surface area contributed by atoms with Gasteiger partial charge in [-0.3, -0.25) is 4.18 Å². The van der Waals surface area contributed by atoms with E-state index in [1.165, 1.54) is 12.8 Å². The smallest absolute Gasteiger partial charge is 0.264 e. The molecule has 2 aliphatic heterocycles. The molecule has 10 nitrogen and oxygen atoms in total. The van der Waals surface area contributed by atoms with Crippen molar-refractivity contribution in [1.29, 1.82) is 0 Å². The highest BCUT2D eigenvalue weighted by molar-refractivity contribution is 7.85. The zero-order chi connectivity index (χ0) is 22.7. The number of fused-ring (bicyclic) bond motifs is 2. The zero-order valence-electron chi connectivity index (χ0n) is 18.2. The Morgan fingerprint density at radius 1 is 1.25 bits per heavy atom. The number of halogens is 1. The number of hydrogen-bond acceptors (Lipinski definition) is 9. The molecule has 0 amide bonds. The Kier molecular flexibility index (Phi) is 5.62. The molecule has 0 unspecified atom stereocenters. The van der Waals surface area contributed by atoms with Gasteiger partial charge in [0.1, 0.15) is 29.8 Å². The van der Waals surface area contributed by atoms with Gasteiger partial charge in [-0.15, -0.1) is 0 Å². The van der Waals surface area contributed by atoms with Crippen LogP contribution in [-0.4, -0.2) is 66.0 Å². The molecule has 0 radical (unpaired) electrons. The molecule has 32 heavy (non-hydrogen) atoms. The molecule has 176 valence electrons. The van der Waals surface area contributed by atoms with Gasteiger partial charge in [0, 0.05) is 12.2 Å². The molecule has 2 aromatic rings. The Labute approximate surface area is 191 Å². The number of ether oxygens (including phenoxy) is 3. The highest BCUT2D eigenvalue weighted by Crippen LogP contribution is 2.44. The third-order valence-electron chi connectivity index (χ3n) is 6.09. The van der Waals surface area contributed by atoms with Crippen LogP contribution in [0, 0.1) is 0 Å². The van der Waals surface area contributed by atoms with E-state index in [2.05, 4.69) is 15.3 Å². The van der Waals surface area contributed by atoms with Crippen molar-refractivity contribution < 1.29 is 26.8 Å². The van der Waals surface area contributed by atoms with Gasteiger partial charge < -0.3 is 24.1 Å². The first kappa shape index (κ1) is 22.3. The molecule has 1 N–H and O–H groups in total. The fourth-order valence-electron chi connectivity index (χ4n) is 4.79. The molecule has 0 aromatic carbocycles. The second kappa shape index (κ2) is 8.07. The lowest BCUT2D eigenvalue weighted by Gasteiger charge is -2.25. The van der Waals surface area contributed by atoms with Gasteiger partial charge >= 0.3 is 0 Å². The van der Waals surface area contributed by atoms with E-state index in [-0.39, 0.29) is 11.9 Å². The normalized spacial score (nSPS) is 30.2. The van der Waals surface area contributed by atoms with E-state index in [9.17, 15) is 8.42 Å². The number of rotatable bonds is 6. The number of nitrogens with zero attached hydrogens (tertiary/aromatic N) is 3. The van der Waals surface area contributed by atoms with Crippen molar-refractivity contribution in [2.45, 2.75) is 75.9 Å². The summed E-state index contributed by atoms with van der Waals surface area (Å²) in [6.45, 7) is 3.46. The molecule has 1 saturated carbocycles. The minimum absolute atomic E-state index is 0.133. The Bertz CT molecular complexity index is 1120. The predicted molar refractivity (Wildman–Crippen MR) is 117 cm³/mol. The summed E-state index contributed by atoms with van der Waals surface area (Å²) in [4.78, 5) is 8.86. The number of aromatic nitrogens is 3. The van der Waals surface area contributed by atoms with Crippen LogP contribution in [0.5, 0.6) is 0 Å². The van der Waals surface area contributed by atoms with Crippen LogP contribution in [0.2, 0.25) is 5.28 Å². The summed E-state index contributed by atoms with van der Waals surface area (Å²) in [5, 5.41) is 4.46. The first-order valence-electron chi connectivity index (χ1n) is 10.8. The Hall–Kier alpha value is -1.50. The quantitative estimate of drug-likeness (QED) is 0.486. The first-order chi connectivity index (χ1) is 15.1. The minimum Gasteiger partial charge on any atom is -0.367 e. The average molecular weight is 487 g/mol. The van der Waals surface area contributed by atoms with Crippen molar-refractivity contribution in [2.75, 3.05) is 18.2 Å². The SMILES string of the molecule is CC1(C)O[C@@H]2[C@H](O1)[C@@H](COS(C)(=O)=O)O[C@H]2n1ccc2c(NC3CCCC3)nc(Cl)nc21. The Morgan fingerprint density at radius 2 is 1.97 bits per heavy atom. The van der Waals surface area contributed by atoms with E-state index in [0.717, 1.165) is 24.5 Å². The molecule has 0 bridgehead atoms. The summed E-state index contributed by atoms with van der Waals surface area (Å²) in [7, 11) is -3.63. The lowest BCUT2D eigenvalue weighted by molar-refractivity contribution is -0.198. The number of hydrogen-bond donors (Lipinski definition) is 1. The van der Waals surface area contributed by atoms with Crippen LogP contribution in [0.25, 0.3) is 11.0 Å². The van der Waals surface area contributed by atoms with Gasteiger partial charge in [0.15, 0.2) is 12.0 Å². The van der Waals surface area contributed by atoms with Gasteiger partial charge in [0.05, 0.1) is 18.2 Å². The molecular formula is C20H27ClN4O6S. The van der Waals surface area contributed by atoms with Crippen LogP contribution < -0.4 is 5.32 Å². The first-order valence-corrected chi connectivity index (χ1v) is 13.0. The molecule has 2 aromatic heterocycles. The summed E-state index contributed by atoms with van der Waals surface area (Å²) < 4.78 is 48.2. The Morgan fingerprint density at radius 3 is 2.69 bits per heavy atom. The van der Waals surface area contributed by atoms with Crippen LogP contribution in [-0.2, 0) is 28.5 Å². The third-order valence-corrected chi connectivity index (χ3v) is 6.82. The topological polar surface area (TPSA) is 114 Å². The lowest BCUT2D eigenvalue weighted by Crippen LogP contribution is -2.33. The molecule has 3 fully saturated rings. The van der Waals surface area contributed by atoms with Gasteiger partial charge in [0.25, 0.3) is 10.1 Å². The Balaban J connectivity index is 1.47. The summed E-state index contributed by atoms with van der Waals surface area (Å²) >= 11 is 6.27. The molecule has 12 heteroatoms. The maximum atomic E-state index is 11.5. The van der Waals surface area contributed by atoms with Crippen LogP contribution in [0.3, 0.4) is 0 Å². The van der Waals surface area contributed by atoms with E-state index in [0.29, 0.717) is 17.5 Å². The summed E-state index contributed by atoms with van der Waals surface area (Å²) in [6, 6.07) is 2.28. The van der Waals surface area contributed by atoms with E-state index in [4.69, 9.17) is 30.0 Å². The molecule has 0 spiro atoms. The monoisotopic (exact) mass is 486 g/mol. The van der Waals surface area contributed by atoms with E-state index in [1.807, 2.05) is 30.7 Å². The molecule has 2 saturated heterocycles. The third kappa shape index (κ3) is 4.34. The van der Waals surface area contributed by atoms with Gasteiger partial charge in [-0.25, -0.2) is 4.98 Å². The van der Waals surface area contributed by atoms with Crippen molar-refractivity contribution in [3.8, 4) is 0 Å². The number of anilines is 1. The van der Waals surface area contributed by atoms with Gasteiger partial charge in [0.2, 0.25) is 5.28 Å². The van der Waals surface area contributed by atoms with E-state index >= 15 is 0 Å². The molecule has 3 aliphatic rings.